The van der Waals surface area contributed by atoms with Crippen LogP contribution < -0.4 is 0 Å². The molecular formula is C16H18O. The molecule has 0 unspecified atom stereocenters. The molecular weight excluding hydrogens is 208 g/mol. The number of ether oxygens (including phenoxy) is 1. The van der Waals surface area contributed by atoms with Crippen molar-refractivity contribution < 1.29 is 4.74 Å². The molecule has 0 amide bonds. The summed E-state index contributed by atoms with van der Waals surface area (Å²) < 4.78 is 5.86. The van der Waals surface area contributed by atoms with Gasteiger partial charge in [-0.3, -0.25) is 0 Å². The van der Waals surface area contributed by atoms with Gasteiger partial charge < -0.3 is 4.74 Å². The molecule has 0 atom stereocenters. The fraction of sp³-hybridized carbons (Fsp3) is 0.250. The van der Waals surface area contributed by atoms with Gasteiger partial charge in [0.25, 0.3) is 0 Å². The second-order valence-electron chi connectivity index (χ2n) is 4.04. The average molecular weight is 226 g/mol. The van der Waals surface area contributed by atoms with Gasteiger partial charge in [-0.15, -0.1) is 0 Å². The maximum atomic E-state index is 5.86. The third kappa shape index (κ3) is 3.10. The Morgan fingerprint density at radius 1 is 1.12 bits per heavy atom. The third-order valence-corrected chi connectivity index (χ3v) is 2.68. The summed E-state index contributed by atoms with van der Waals surface area (Å²) in [5, 5.41) is 0. The van der Waals surface area contributed by atoms with Crippen molar-refractivity contribution in [1.29, 1.82) is 0 Å². The molecule has 0 spiro atoms. The summed E-state index contributed by atoms with van der Waals surface area (Å²) in [4.78, 5) is 0. The smallest absolute Gasteiger partial charge is 0.107 e. The molecule has 0 N–H and O–H groups in total. The van der Waals surface area contributed by atoms with Crippen LogP contribution in [0.5, 0.6) is 0 Å². The van der Waals surface area contributed by atoms with Gasteiger partial charge in [-0.25, -0.2) is 0 Å². The molecule has 1 nitrogen and oxygen atoms in total. The highest BCUT2D eigenvalue weighted by Crippen LogP contribution is 2.25. The van der Waals surface area contributed by atoms with Crippen molar-refractivity contribution in [2.75, 3.05) is 6.61 Å². The minimum atomic E-state index is 0.785. The van der Waals surface area contributed by atoms with Crippen LogP contribution in [0.25, 0.3) is 5.57 Å². The summed E-state index contributed by atoms with van der Waals surface area (Å²) in [5.41, 5.74) is 2.42. The monoisotopic (exact) mass is 226 g/mol. The van der Waals surface area contributed by atoms with Crippen LogP contribution in [-0.4, -0.2) is 6.61 Å². The minimum Gasteiger partial charge on any atom is -0.497 e. The van der Waals surface area contributed by atoms with E-state index in [0.29, 0.717) is 0 Å². The molecule has 88 valence electrons. The van der Waals surface area contributed by atoms with Gasteiger partial charge in [-0.2, -0.15) is 0 Å². The largest absolute Gasteiger partial charge is 0.497 e. The van der Waals surface area contributed by atoms with Gasteiger partial charge in [0.2, 0.25) is 0 Å². The van der Waals surface area contributed by atoms with Gasteiger partial charge in [0.15, 0.2) is 0 Å². The molecule has 1 aromatic rings. The fourth-order valence-corrected chi connectivity index (χ4v) is 1.85. The lowest BCUT2D eigenvalue weighted by molar-refractivity contribution is 0.210. The lowest BCUT2D eigenvalue weighted by Crippen LogP contribution is -1.96. The number of allylic oxidation sites excluding steroid dienone is 5. The molecule has 2 rings (SSSR count). The number of hydrogen-bond donors (Lipinski definition) is 0. The maximum absolute atomic E-state index is 5.86. The predicted molar refractivity (Wildman–Crippen MR) is 72.5 cm³/mol. The lowest BCUT2D eigenvalue weighted by atomic mass is 10.0. The highest BCUT2D eigenvalue weighted by atomic mass is 16.5. The zero-order chi connectivity index (χ0) is 11.9. The molecule has 1 aliphatic rings. The van der Waals surface area contributed by atoms with E-state index in [2.05, 4.69) is 55.5 Å². The van der Waals surface area contributed by atoms with E-state index in [1.165, 1.54) is 11.1 Å². The van der Waals surface area contributed by atoms with Crippen LogP contribution in [0.2, 0.25) is 0 Å². The van der Waals surface area contributed by atoms with Gasteiger partial charge in [-0.05, 0) is 12.0 Å². The Labute approximate surface area is 103 Å². The van der Waals surface area contributed by atoms with E-state index in [1.807, 2.05) is 6.07 Å². The Kier molecular flexibility index (Phi) is 4.20. The summed E-state index contributed by atoms with van der Waals surface area (Å²) in [6.07, 6.45) is 10.3. The van der Waals surface area contributed by atoms with Crippen molar-refractivity contribution in [1.82, 2.24) is 0 Å². The van der Waals surface area contributed by atoms with Crippen molar-refractivity contribution in [3.05, 3.63) is 66.0 Å². The predicted octanol–water partition coefficient (Wildman–Crippen LogP) is 4.34. The molecule has 0 radical (unpaired) electrons. The molecule has 0 aromatic heterocycles. The lowest BCUT2D eigenvalue weighted by Gasteiger charge is -2.12. The average Bonchev–Trinajstić information content (AvgIpc) is 2.62. The normalized spacial score (nSPS) is 14.9. The molecule has 0 fully saturated rings. The van der Waals surface area contributed by atoms with E-state index in [0.717, 1.165) is 25.2 Å². The third-order valence-electron chi connectivity index (χ3n) is 2.68. The fourth-order valence-electron chi connectivity index (χ4n) is 1.85. The van der Waals surface area contributed by atoms with E-state index in [4.69, 9.17) is 4.74 Å². The van der Waals surface area contributed by atoms with Crippen LogP contribution >= 0.6 is 0 Å². The number of rotatable bonds is 4. The summed E-state index contributed by atoms with van der Waals surface area (Å²) in [7, 11) is 0. The molecule has 1 aromatic carbocycles. The maximum Gasteiger partial charge on any atom is 0.107 e. The van der Waals surface area contributed by atoms with Crippen molar-refractivity contribution >= 4 is 5.57 Å². The van der Waals surface area contributed by atoms with E-state index in [-0.39, 0.29) is 0 Å². The van der Waals surface area contributed by atoms with Crippen molar-refractivity contribution in [2.45, 2.75) is 19.8 Å². The molecule has 0 saturated heterocycles. The second kappa shape index (κ2) is 6.09. The first-order chi connectivity index (χ1) is 8.42. The Hall–Kier alpha value is -1.76. The van der Waals surface area contributed by atoms with Gasteiger partial charge in [0, 0.05) is 12.0 Å². The molecule has 0 aliphatic heterocycles. The van der Waals surface area contributed by atoms with Gasteiger partial charge in [0.1, 0.15) is 5.76 Å². The van der Waals surface area contributed by atoms with Crippen LogP contribution in [0.4, 0.5) is 0 Å². The Balaban J connectivity index is 2.33. The Morgan fingerprint density at radius 2 is 1.94 bits per heavy atom. The number of benzene rings is 1. The first-order valence-electron chi connectivity index (χ1n) is 6.16. The SMILES string of the molecule is CCCOC1=C(c2ccccc2)C=CC=CC1. The summed E-state index contributed by atoms with van der Waals surface area (Å²) in [6, 6.07) is 10.4. The van der Waals surface area contributed by atoms with E-state index in [1.54, 1.807) is 0 Å². The Bertz CT molecular complexity index is 438. The molecule has 1 heteroatoms. The van der Waals surface area contributed by atoms with Crippen molar-refractivity contribution in [2.24, 2.45) is 0 Å². The Morgan fingerprint density at radius 3 is 2.71 bits per heavy atom. The quantitative estimate of drug-likeness (QED) is 0.742. The van der Waals surface area contributed by atoms with Crippen LogP contribution in [0.1, 0.15) is 25.3 Å². The van der Waals surface area contributed by atoms with E-state index in [9.17, 15) is 0 Å². The van der Waals surface area contributed by atoms with Gasteiger partial charge >= 0.3 is 0 Å². The minimum absolute atomic E-state index is 0.785. The molecule has 1 aliphatic carbocycles. The first-order valence-corrected chi connectivity index (χ1v) is 6.16. The molecule has 0 saturated carbocycles. The molecule has 0 bridgehead atoms. The summed E-state index contributed by atoms with van der Waals surface area (Å²) in [5.74, 6) is 1.07. The van der Waals surface area contributed by atoms with Crippen LogP contribution in [0, 0.1) is 0 Å². The highest BCUT2D eigenvalue weighted by molar-refractivity contribution is 5.76. The second-order valence-corrected chi connectivity index (χ2v) is 4.04. The molecule has 0 heterocycles. The van der Waals surface area contributed by atoms with Crippen molar-refractivity contribution in [3.63, 3.8) is 0 Å². The number of hydrogen-bond acceptors (Lipinski definition) is 1. The van der Waals surface area contributed by atoms with Crippen LogP contribution in [-0.2, 0) is 4.74 Å². The van der Waals surface area contributed by atoms with E-state index >= 15 is 0 Å². The summed E-state index contributed by atoms with van der Waals surface area (Å²) in [6.45, 7) is 2.92. The van der Waals surface area contributed by atoms with Gasteiger partial charge in [0.05, 0.1) is 6.61 Å². The zero-order valence-corrected chi connectivity index (χ0v) is 10.2. The van der Waals surface area contributed by atoms with Gasteiger partial charge in [-0.1, -0.05) is 61.6 Å². The first kappa shape index (κ1) is 11.7. The standard InChI is InChI=1S/C16H18O/c1-2-13-17-16-12-8-4-7-11-15(16)14-9-5-3-6-10-14/h3-11H,2,12-13H2,1H3. The van der Waals surface area contributed by atoms with Crippen molar-refractivity contribution in [3.8, 4) is 0 Å². The highest BCUT2D eigenvalue weighted by Gasteiger charge is 2.08. The topological polar surface area (TPSA) is 9.23 Å². The van der Waals surface area contributed by atoms with E-state index < -0.39 is 0 Å². The van der Waals surface area contributed by atoms with Crippen LogP contribution in [0.3, 0.4) is 0 Å². The molecule has 17 heavy (non-hydrogen) atoms. The zero-order valence-electron chi connectivity index (χ0n) is 10.2. The summed E-state index contributed by atoms with van der Waals surface area (Å²) >= 11 is 0. The van der Waals surface area contributed by atoms with Crippen LogP contribution in [0.15, 0.2) is 60.4 Å².